The zero-order valence-corrected chi connectivity index (χ0v) is 50.6. The minimum Gasteiger partial charge on any atom is -0.462 e. The average Bonchev–Trinajstić information content (AvgIpc) is 3.44. The second-order valence-electron chi connectivity index (χ2n) is 20.9. The van der Waals surface area contributed by atoms with Crippen molar-refractivity contribution >= 4 is 17.9 Å². The van der Waals surface area contributed by atoms with Crippen LogP contribution in [0, 0.1) is 0 Å². The summed E-state index contributed by atoms with van der Waals surface area (Å²) in [6.45, 7) is 6.34. The number of esters is 3. The first-order valence-corrected chi connectivity index (χ1v) is 32.2. The van der Waals surface area contributed by atoms with Crippen LogP contribution in [0.25, 0.3) is 0 Å². The van der Waals surface area contributed by atoms with Gasteiger partial charge in [-0.15, -0.1) is 0 Å². The van der Waals surface area contributed by atoms with E-state index in [4.69, 9.17) is 14.2 Å². The Labute approximate surface area is 481 Å². The molecule has 0 rings (SSSR count). The van der Waals surface area contributed by atoms with Crippen LogP contribution in [0.15, 0.2) is 134 Å². The topological polar surface area (TPSA) is 78.9 Å². The molecule has 0 spiro atoms. The maximum atomic E-state index is 12.9. The Morgan fingerprint density at radius 3 is 0.795 bits per heavy atom. The van der Waals surface area contributed by atoms with Gasteiger partial charge < -0.3 is 14.2 Å². The summed E-state index contributed by atoms with van der Waals surface area (Å²) in [6, 6.07) is 0. The molecule has 0 amide bonds. The summed E-state index contributed by atoms with van der Waals surface area (Å²) >= 11 is 0. The molecule has 0 heterocycles. The van der Waals surface area contributed by atoms with Gasteiger partial charge in [0.15, 0.2) is 6.10 Å². The van der Waals surface area contributed by atoms with E-state index < -0.39 is 6.10 Å². The van der Waals surface area contributed by atoms with Crippen LogP contribution in [0.1, 0.15) is 284 Å². The monoisotopic (exact) mass is 1080 g/mol. The summed E-state index contributed by atoms with van der Waals surface area (Å²) in [6.07, 6.45) is 91.8. The Kier molecular flexibility index (Phi) is 61.4. The second-order valence-corrected chi connectivity index (χ2v) is 20.9. The molecule has 78 heavy (non-hydrogen) atoms. The molecule has 442 valence electrons. The summed E-state index contributed by atoms with van der Waals surface area (Å²) in [5, 5.41) is 0. The van der Waals surface area contributed by atoms with Crippen LogP contribution >= 0.6 is 0 Å². The molecule has 0 radical (unpaired) electrons. The number of hydrogen-bond donors (Lipinski definition) is 0. The van der Waals surface area contributed by atoms with Gasteiger partial charge in [0.25, 0.3) is 0 Å². The molecule has 0 aromatic rings. The second kappa shape index (κ2) is 65.1. The minimum absolute atomic E-state index is 0.0907. The van der Waals surface area contributed by atoms with Crippen molar-refractivity contribution in [3.63, 3.8) is 0 Å². The Bertz CT molecular complexity index is 1670. The van der Waals surface area contributed by atoms with Gasteiger partial charge in [-0.05, 0) is 128 Å². The number of carbonyl (C=O) groups excluding carboxylic acids is 3. The largest absolute Gasteiger partial charge is 0.462 e. The van der Waals surface area contributed by atoms with E-state index >= 15 is 0 Å². The standard InChI is InChI=1S/C72H118O6/c1-4-7-10-13-16-19-22-24-26-28-30-32-34-36-38-40-42-44-46-48-50-53-56-59-62-65-71(74)77-68-69(67-76-70(73)64-61-58-55-52-21-18-15-12-9-6-3)78-72(75)66-63-60-57-54-51-49-47-45-43-41-39-37-35-33-31-29-27-25-23-20-17-14-11-8-5-2/h7-8,10-12,15-17,19-20,24-27,30-33,36,38,42,44,69H,4-6,9,13-14,18,21-23,28-29,34-35,37,39-41,43,45-68H2,1-3H3/b10-7-,11-8-,15-12-,19-16-,20-17-,26-24-,27-25-,32-30-,33-31-,38-36-,44-42-. The average molecular weight is 1080 g/mol. The highest BCUT2D eigenvalue weighted by Gasteiger charge is 2.19. The molecule has 0 aliphatic carbocycles. The van der Waals surface area contributed by atoms with E-state index in [0.717, 1.165) is 154 Å². The van der Waals surface area contributed by atoms with Gasteiger partial charge in [0.1, 0.15) is 13.2 Å². The Hall–Kier alpha value is -4.45. The SMILES string of the molecule is CC/C=C\C/C=C\C/C=C\C/C=C\C/C=C\C/C=C\CCCCCCCCC(=O)OCC(COC(=O)CCCCCCC/C=C\CCC)OC(=O)CCCCCCCCCCCCCC/C=C\C/C=C\C/C=C\C/C=C\CC. The highest BCUT2D eigenvalue weighted by molar-refractivity contribution is 5.71. The first-order chi connectivity index (χ1) is 38.5. The first-order valence-electron chi connectivity index (χ1n) is 32.2. The molecule has 0 aromatic heterocycles. The first kappa shape index (κ1) is 73.5. The summed E-state index contributed by atoms with van der Waals surface area (Å²) < 4.78 is 16.9. The normalized spacial score (nSPS) is 13.0. The van der Waals surface area contributed by atoms with Crippen molar-refractivity contribution < 1.29 is 28.6 Å². The summed E-state index contributed by atoms with van der Waals surface area (Å²) in [7, 11) is 0. The van der Waals surface area contributed by atoms with Gasteiger partial charge >= 0.3 is 17.9 Å². The zero-order valence-electron chi connectivity index (χ0n) is 50.6. The molecule has 1 unspecified atom stereocenters. The lowest BCUT2D eigenvalue weighted by Gasteiger charge is -2.18. The molecule has 6 nitrogen and oxygen atoms in total. The fourth-order valence-electron chi connectivity index (χ4n) is 8.62. The molecule has 0 N–H and O–H groups in total. The van der Waals surface area contributed by atoms with Gasteiger partial charge in [-0.25, -0.2) is 0 Å². The summed E-state index contributed by atoms with van der Waals surface area (Å²) in [5.74, 6) is -0.916. The fraction of sp³-hybridized carbons (Fsp3) is 0.653. The highest BCUT2D eigenvalue weighted by Crippen LogP contribution is 2.16. The molecule has 0 bridgehead atoms. The van der Waals surface area contributed by atoms with Crippen molar-refractivity contribution in [3.05, 3.63) is 134 Å². The van der Waals surface area contributed by atoms with Crippen molar-refractivity contribution in [2.45, 2.75) is 290 Å². The highest BCUT2D eigenvalue weighted by atomic mass is 16.6. The van der Waals surface area contributed by atoms with Crippen molar-refractivity contribution in [3.8, 4) is 0 Å². The van der Waals surface area contributed by atoms with E-state index in [1.54, 1.807) is 0 Å². The number of rotatable bonds is 57. The van der Waals surface area contributed by atoms with Crippen LogP contribution in [0.2, 0.25) is 0 Å². The summed E-state index contributed by atoms with van der Waals surface area (Å²) in [5.41, 5.74) is 0. The minimum atomic E-state index is -0.794. The van der Waals surface area contributed by atoms with Crippen LogP contribution in [0.4, 0.5) is 0 Å². The van der Waals surface area contributed by atoms with E-state index in [0.29, 0.717) is 19.3 Å². The molecular formula is C72H118O6. The fourth-order valence-corrected chi connectivity index (χ4v) is 8.62. The molecule has 0 aliphatic heterocycles. The van der Waals surface area contributed by atoms with E-state index in [1.807, 2.05) is 0 Å². The van der Waals surface area contributed by atoms with Gasteiger partial charge in [-0.2, -0.15) is 0 Å². The van der Waals surface area contributed by atoms with Gasteiger partial charge in [-0.1, -0.05) is 270 Å². The molecule has 0 fully saturated rings. The lowest BCUT2D eigenvalue weighted by molar-refractivity contribution is -0.167. The Morgan fingerprint density at radius 1 is 0.269 bits per heavy atom. The van der Waals surface area contributed by atoms with Gasteiger partial charge in [0, 0.05) is 19.3 Å². The lowest BCUT2D eigenvalue weighted by atomic mass is 10.0. The molecule has 1 atom stereocenters. The third-order valence-electron chi connectivity index (χ3n) is 13.4. The smallest absolute Gasteiger partial charge is 0.306 e. The van der Waals surface area contributed by atoms with Crippen molar-refractivity contribution in [1.82, 2.24) is 0 Å². The van der Waals surface area contributed by atoms with Crippen molar-refractivity contribution in [2.75, 3.05) is 13.2 Å². The Balaban J connectivity index is 4.30. The molecule has 6 heteroatoms. The molecular weight excluding hydrogens is 961 g/mol. The van der Waals surface area contributed by atoms with E-state index in [1.165, 1.54) is 89.9 Å². The maximum absolute atomic E-state index is 12.9. The third kappa shape index (κ3) is 62.4. The predicted molar refractivity (Wildman–Crippen MR) is 339 cm³/mol. The Morgan fingerprint density at radius 2 is 0.500 bits per heavy atom. The molecule has 0 saturated carbocycles. The van der Waals surface area contributed by atoms with Crippen molar-refractivity contribution in [1.29, 1.82) is 0 Å². The van der Waals surface area contributed by atoms with Crippen molar-refractivity contribution in [2.24, 2.45) is 0 Å². The zero-order chi connectivity index (χ0) is 56.4. The quantitative estimate of drug-likeness (QED) is 0.0261. The third-order valence-corrected chi connectivity index (χ3v) is 13.4. The summed E-state index contributed by atoms with van der Waals surface area (Å²) in [4.78, 5) is 38.3. The van der Waals surface area contributed by atoms with Crippen LogP contribution < -0.4 is 0 Å². The van der Waals surface area contributed by atoms with E-state index in [-0.39, 0.29) is 31.1 Å². The van der Waals surface area contributed by atoms with E-state index in [2.05, 4.69) is 154 Å². The lowest BCUT2D eigenvalue weighted by Crippen LogP contribution is -2.30. The molecule has 0 aromatic carbocycles. The number of unbranched alkanes of at least 4 members (excludes halogenated alkanes) is 24. The van der Waals surface area contributed by atoms with Crippen LogP contribution in [-0.2, 0) is 28.6 Å². The van der Waals surface area contributed by atoms with E-state index in [9.17, 15) is 14.4 Å². The number of hydrogen-bond acceptors (Lipinski definition) is 6. The van der Waals surface area contributed by atoms with Crippen LogP contribution in [0.5, 0.6) is 0 Å². The number of ether oxygens (including phenoxy) is 3. The van der Waals surface area contributed by atoms with Gasteiger partial charge in [0.2, 0.25) is 0 Å². The van der Waals surface area contributed by atoms with Crippen LogP contribution in [0.3, 0.4) is 0 Å². The van der Waals surface area contributed by atoms with Gasteiger partial charge in [0.05, 0.1) is 0 Å². The molecule has 0 saturated heterocycles. The molecule has 0 aliphatic rings. The number of carbonyl (C=O) groups is 3. The maximum Gasteiger partial charge on any atom is 0.306 e. The van der Waals surface area contributed by atoms with Crippen LogP contribution in [-0.4, -0.2) is 37.2 Å². The predicted octanol–water partition coefficient (Wildman–Crippen LogP) is 22.2. The number of allylic oxidation sites excluding steroid dienone is 22. The van der Waals surface area contributed by atoms with Gasteiger partial charge in [-0.3, -0.25) is 14.4 Å².